The van der Waals surface area contributed by atoms with E-state index in [-0.39, 0.29) is 30.4 Å². The van der Waals surface area contributed by atoms with Gasteiger partial charge in [0.15, 0.2) is 0 Å². The zero-order valence-corrected chi connectivity index (χ0v) is 12.6. The van der Waals surface area contributed by atoms with Crippen molar-refractivity contribution in [3.8, 4) is 11.6 Å². The average Bonchev–Trinajstić information content (AvgIpc) is 2.78. The number of aromatic hydroxyl groups is 1. The molecule has 2 heterocycles. The molecule has 0 aliphatic carbocycles. The molecule has 7 nitrogen and oxygen atoms in total. The highest BCUT2D eigenvalue weighted by Gasteiger charge is 2.24. The fraction of sp³-hybridized carbons (Fsp3) is 0.375. The Hall–Kier alpha value is -2.54. The molecule has 7 heteroatoms. The summed E-state index contributed by atoms with van der Waals surface area (Å²) in [6.45, 7) is 0.327. The number of rotatable bonds is 2. The predicted molar refractivity (Wildman–Crippen MR) is 82.1 cm³/mol. The summed E-state index contributed by atoms with van der Waals surface area (Å²) in [6.07, 6.45) is 2.03. The fourth-order valence-corrected chi connectivity index (χ4v) is 2.71. The van der Waals surface area contributed by atoms with Crippen LogP contribution in [-0.4, -0.2) is 28.3 Å². The number of ether oxygens (including phenoxy) is 1. The molecule has 1 aromatic carbocycles. The first-order valence-corrected chi connectivity index (χ1v) is 7.58. The monoisotopic (exact) mass is 318 g/mol. The summed E-state index contributed by atoms with van der Waals surface area (Å²) in [5, 5.41) is 10.4. The molecule has 0 unspecified atom stereocenters. The average molecular weight is 318 g/mol. The van der Waals surface area contributed by atoms with Gasteiger partial charge in [-0.05, 0) is 44.0 Å². The van der Waals surface area contributed by atoms with Crippen LogP contribution in [0.2, 0.25) is 0 Å². The lowest BCUT2D eigenvalue weighted by Crippen LogP contribution is -2.23. The number of hydrogen-bond acceptors (Lipinski definition) is 6. The molecule has 0 bridgehead atoms. The molecular weight excluding hydrogens is 300 g/mol. The molecule has 2 aromatic rings. The Morgan fingerprint density at radius 1 is 1.17 bits per heavy atom. The highest BCUT2D eigenvalue weighted by molar-refractivity contribution is 5.89. The third-order valence-corrected chi connectivity index (χ3v) is 3.78. The van der Waals surface area contributed by atoms with Crippen LogP contribution < -0.4 is 15.3 Å². The van der Waals surface area contributed by atoms with Crippen LogP contribution >= 0.6 is 0 Å². The third-order valence-electron chi connectivity index (χ3n) is 3.78. The van der Waals surface area contributed by atoms with Gasteiger partial charge < -0.3 is 20.4 Å². The van der Waals surface area contributed by atoms with Gasteiger partial charge in [-0.25, -0.2) is 4.79 Å². The van der Waals surface area contributed by atoms with Gasteiger partial charge in [0.1, 0.15) is 5.75 Å². The van der Waals surface area contributed by atoms with Crippen molar-refractivity contribution in [1.29, 1.82) is 0 Å². The van der Waals surface area contributed by atoms with Crippen LogP contribution in [0.3, 0.4) is 0 Å². The maximum atomic E-state index is 12.0. The van der Waals surface area contributed by atoms with Gasteiger partial charge in [0.2, 0.25) is 5.88 Å². The van der Waals surface area contributed by atoms with E-state index in [1.165, 1.54) is 10.8 Å². The molecule has 0 fully saturated rings. The van der Waals surface area contributed by atoms with E-state index >= 15 is 0 Å². The highest BCUT2D eigenvalue weighted by atomic mass is 16.7. The van der Waals surface area contributed by atoms with E-state index in [2.05, 4.69) is 0 Å². The molecule has 1 aliphatic heterocycles. The minimum Gasteiger partial charge on any atom is -0.508 e. The molecule has 3 rings (SSSR count). The van der Waals surface area contributed by atoms with E-state index < -0.39 is 5.97 Å². The molecule has 122 valence electrons. The number of carbonyl (C=O) groups is 2. The van der Waals surface area contributed by atoms with E-state index in [0.717, 1.165) is 0 Å². The summed E-state index contributed by atoms with van der Waals surface area (Å²) in [7, 11) is 0. The number of phenolic OH excluding ortho intramolecular Hbond substituents is 1. The van der Waals surface area contributed by atoms with Crippen molar-refractivity contribution < 1.29 is 24.3 Å². The van der Waals surface area contributed by atoms with Crippen molar-refractivity contribution in [3.05, 3.63) is 23.8 Å². The Morgan fingerprint density at radius 3 is 2.65 bits per heavy atom. The Balaban J connectivity index is 2.21. The topological polar surface area (TPSA) is 104 Å². The molecule has 0 radical (unpaired) electrons. The smallest absolute Gasteiger partial charge is 0.333 e. The third kappa shape index (κ3) is 3.00. The molecule has 23 heavy (non-hydrogen) atoms. The Labute approximate surface area is 132 Å². The van der Waals surface area contributed by atoms with Gasteiger partial charge in [0.25, 0.3) is 0 Å². The zero-order chi connectivity index (χ0) is 16.4. The second-order valence-electron chi connectivity index (χ2n) is 5.46. The first-order chi connectivity index (χ1) is 11.1. The van der Waals surface area contributed by atoms with Crippen LogP contribution in [0.15, 0.2) is 18.2 Å². The van der Waals surface area contributed by atoms with Gasteiger partial charge in [-0.2, -0.15) is 0 Å². The lowest BCUT2D eigenvalue weighted by molar-refractivity contribution is -0.147. The first-order valence-electron chi connectivity index (χ1n) is 7.58. The van der Waals surface area contributed by atoms with Crippen molar-refractivity contribution in [2.45, 2.75) is 32.1 Å². The molecule has 0 atom stereocenters. The zero-order valence-electron chi connectivity index (χ0n) is 12.6. The quantitative estimate of drug-likeness (QED) is 0.809. The molecule has 1 aromatic heterocycles. The number of hydrogen-bond donors (Lipinski definition) is 2. The summed E-state index contributed by atoms with van der Waals surface area (Å²) in [5.41, 5.74) is 6.83. The SMILES string of the molecule is NCCc1c2n(c3ccc(O)cc13)OC(=O)CCCCC(=O)O2. The number of esters is 1. The van der Waals surface area contributed by atoms with Gasteiger partial charge >= 0.3 is 11.9 Å². The van der Waals surface area contributed by atoms with Crippen molar-refractivity contribution in [3.63, 3.8) is 0 Å². The van der Waals surface area contributed by atoms with Gasteiger partial charge in [-0.1, -0.05) is 0 Å². The maximum absolute atomic E-state index is 12.0. The number of fused-ring (bicyclic) bond motifs is 3. The van der Waals surface area contributed by atoms with Crippen LogP contribution in [0.1, 0.15) is 31.2 Å². The second-order valence-corrected chi connectivity index (χ2v) is 5.46. The molecule has 0 saturated heterocycles. The normalized spacial score (nSPS) is 15.9. The van der Waals surface area contributed by atoms with E-state index in [4.69, 9.17) is 15.3 Å². The minimum absolute atomic E-state index is 0.0708. The summed E-state index contributed by atoms with van der Waals surface area (Å²) in [6, 6.07) is 4.64. The van der Waals surface area contributed by atoms with Crippen LogP contribution in [0, 0.1) is 0 Å². The number of nitrogens with zero attached hydrogens (tertiary/aromatic N) is 1. The number of aromatic nitrogens is 1. The largest absolute Gasteiger partial charge is 0.508 e. The lowest BCUT2D eigenvalue weighted by atomic mass is 10.1. The van der Waals surface area contributed by atoms with Crippen molar-refractivity contribution >= 4 is 22.8 Å². The van der Waals surface area contributed by atoms with Crippen LogP contribution in [0.4, 0.5) is 0 Å². The number of nitrogens with two attached hydrogens (primary N) is 1. The Kier molecular flexibility index (Phi) is 4.20. The first kappa shape index (κ1) is 15.4. The van der Waals surface area contributed by atoms with Crippen molar-refractivity contribution in [2.75, 3.05) is 6.54 Å². The standard InChI is InChI=1S/C16H18N2O5/c17-8-7-11-12-9-10(19)5-6-13(12)18-16(11)22-14(20)3-1-2-4-15(21)23-18/h5-6,9,19H,1-4,7-8,17H2. The summed E-state index contributed by atoms with van der Waals surface area (Å²) < 4.78 is 6.67. The molecule has 0 spiro atoms. The molecular formula is C16H18N2O5. The van der Waals surface area contributed by atoms with Crippen LogP contribution in [-0.2, 0) is 16.0 Å². The highest BCUT2D eigenvalue weighted by Crippen LogP contribution is 2.34. The minimum atomic E-state index is -0.395. The Morgan fingerprint density at radius 2 is 1.91 bits per heavy atom. The van der Waals surface area contributed by atoms with Crippen LogP contribution in [0.5, 0.6) is 11.6 Å². The van der Waals surface area contributed by atoms with Gasteiger partial charge in [-0.3, -0.25) is 4.79 Å². The maximum Gasteiger partial charge on any atom is 0.333 e. The van der Waals surface area contributed by atoms with Crippen molar-refractivity contribution in [2.24, 2.45) is 5.73 Å². The molecule has 0 amide bonds. The summed E-state index contributed by atoms with van der Waals surface area (Å²) >= 11 is 0. The number of benzene rings is 1. The molecule has 0 saturated carbocycles. The summed E-state index contributed by atoms with van der Waals surface area (Å²) in [4.78, 5) is 29.3. The lowest BCUT2D eigenvalue weighted by Gasteiger charge is -2.13. The molecule has 1 aliphatic rings. The molecule has 3 N–H and O–H groups in total. The second kappa shape index (κ2) is 6.29. The van der Waals surface area contributed by atoms with E-state index in [1.807, 2.05) is 0 Å². The van der Waals surface area contributed by atoms with E-state index in [1.54, 1.807) is 12.1 Å². The number of carbonyl (C=O) groups excluding carboxylic acids is 2. The van der Waals surface area contributed by atoms with Gasteiger partial charge in [0, 0.05) is 23.8 Å². The van der Waals surface area contributed by atoms with E-state index in [9.17, 15) is 14.7 Å². The van der Waals surface area contributed by atoms with Crippen LogP contribution in [0.25, 0.3) is 10.9 Å². The van der Waals surface area contributed by atoms with Gasteiger partial charge in [0.05, 0.1) is 5.52 Å². The number of phenols is 1. The predicted octanol–water partition coefficient (Wildman–Crippen LogP) is 1.28. The van der Waals surface area contributed by atoms with E-state index in [0.29, 0.717) is 42.3 Å². The summed E-state index contributed by atoms with van der Waals surface area (Å²) in [5.74, 6) is -0.541. The van der Waals surface area contributed by atoms with Gasteiger partial charge in [-0.15, -0.1) is 4.73 Å². The Bertz CT molecular complexity index is 765. The fourth-order valence-electron chi connectivity index (χ4n) is 2.71. The van der Waals surface area contributed by atoms with Crippen molar-refractivity contribution in [1.82, 2.24) is 4.73 Å².